The zero-order chi connectivity index (χ0) is 21.2. The highest BCUT2D eigenvalue weighted by atomic mass is 32.2. The Hall–Kier alpha value is -1.17. The standard InChI is InChI=1S/C24H36N2OS2/c1-18(2)21-14-13-20(23(27)22-15-12-19(3)29-22)24(25-21)28-17-11-9-7-6-8-10-16-26(4)5/h12-15,18H,6-11,16-17H2,1-5H3. The first-order valence-electron chi connectivity index (χ1n) is 10.8. The summed E-state index contributed by atoms with van der Waals surface area (Å²) in [6.45, 7) is 7.53. The van der Waals surface area contributed by atoms with E-state index in [9.17, 15) is 4.79 Å². The van der Waals surface area contributed by atoms with E-state index in [2.05, 4.69) is 32.8 Å². The third-order valence-corrected chi connectivity index (χ3v) is 7.00. The van der Waals surface area contributed by atoms with Gasteiger partial charge in [-0.15, -0.1) is 23.1 Å². The zero-order valence-corrected chi connectivity index (χ0v) is 20.3. The first kappa shape index (κ1) is 24.1. The van der Waals surface area contributed by atoms with E-state index in [0.29, 0.717) is 5.92 Å². The second-order valence-electron chi connectivity index (χ2n) is 8.26. The third-order valence-electron chi connectivity index (χ3n) is 4.92. The molecule has 0 aliphatic rings. The van der Waals surface area contributed by atoms with Crippen LogP contribution in [0.1, 0.15) is 84.1 Å². The van der Waals surface area contributed by atoms with Gasteiger partial charge in [-0.1, -0.05) is 39.5 Å². The minimum Gasteiger partial charge on any atom is -0.309 e. The van der Waals surface area contributed by atoms with Crippen molar-refractivity contribution in [2.75, 3.05) is 26.4 Å². The second kappa shape index (κ2) is 12.5. The molecule has 0 saturated heterocycles. The maximum atomic E-state index is 13.0. The molecule has 2 rings (SSSR count). The van der Waals surface area contributed by atoms with E-state index < -0.39 is 0 Å². The van der Waals surface area contributed by atoms with Gasteiger partial charge in [0.25, 0.3) is 0 Å². The molecule has 2 heterocycles. The van der Waals surface area contributed by atoms with Gasteiger partial charge in [0, 0.05) is 10.6 Å². The Bertz CT molecular complexity index is 768. The van der Waals surface area contributed by atoms with Gasteiger partial charge >= 0.3 is 0 Å². The molecule has 0 unspecified atom stereocenters. The van der Waals surface area contributed by atoms with E-state index in [4.69, 9.17) is 4.98 Å². The number of hydrogen-bond donors (Lipinski definition) is 0. The molecule has 29 heavy (non-hydrogen) atoms. The molecule has 0 radical (unpaired) electrons. The number of thioether (sulfide) groups is 1. The summed E-state index contributed by atoms with van der Waals surface area (Å²) in [6, 6.07) is 7.94. The Morgan fingerprint density at radius 3 is 2.34 bits per heavy atom. The average Bonchev–Trinajstić information content (AvgIpc) is 3.12. The quantitative estimate of drug-likeness (QED) is 0.198. The van der Waals surface area contributed by atoms with E-state index >= 15 is 0 Å². The van der Waals surface area contributed by atoms with Gasteiger partial charge in [-0.3, -0.25) is 4.79 Å². The largest absolute Gasteiger partial charge is 0.309 e. The van der Waals surface area contributed by atoms with E-state index in [0.717, 1.165) is 26.9 Å². The van der Waals surface area contributed by atoms with Crippen molar-refractivity contribution in [1.29, 1.82) is 0 Å². The fraction of sp³-hybridized carbons (Fsp3) is 0.583. The summed E-state index contributed by atoms with van der Waals surface area (Å²) in [7, 11) is 4.27. The van der Waals surface area contributed by atoms with Crippen molar-refractivity contribution in [2.45, 2.75) is 70.2 Å². The zero-order valence-electron chi connectivity index (χ0n) is 18.7. The molecular formula is C24H36N2OS2. The van der Waals surface area contributed by atoms with Crippen LogP contribution in [-0.2, 0) is 0 Å². The normalized spacial score (nSPS) is 11.6. The van der Waals surface area contributed by atoms with Crippen molar-refractivity contribution in [3.05, 3.63) is 45.3 Å². The van der Waals surface area contributed by atoms with Crippen LogP contribution in [0.3, 0.4) is 0 Å². The van der Waals surface area contributed by atoms with Crippen LogP contribution in [0.5, 0.6) is 0 Å². The number of aryl methyl sites for hydroxylation is 1. The summed E-state index contributed by atoms with van der Waals surface area (Å²) >= 11 is 3.31. The minimum atomic E-state index is 0.106. The van der Waals surface area contributed by atoms with Gasteiger partial charge in [-0.05, 0) is 76.3 Å². The number of nitrogens with zero attached hydrogens (tertiary/aromatic N) is 2. The molecule has 0 N–H and O–H groups in total. The van der Waals surface area contributed by atoms with Gasteiger partial charge in [-0.2, -0.15) is 0 Å². The smallest absolute Gasteiger partial charge is 0.205 e. The van der Waals surface area contributed by atoms with E-state index in [1.54, 1.807) is 23.1 Å². The minimum absolute atomic E-state index is 0.106. The number of carbonyl (C=O) groups excluding carboxylic acids is 1. The van der Waals surface area contributed by atoms with Gasteiger partial charge in [0.05, 0.1) is 10.4 Å². The number of ketones is 1. The molecule has 2 aromatic rings. The highest BCUT2D eigenvalue weighted by Gasteiger charge is 2.18. The average molecular weight is 433 g/mol. The molecule has 0 aromatic carbocycles. The third kappa shape index (κ3) is 8.23. The first-order valence-corrected chi connectivity index (χ1v) is 12.6. The van der Waals surface area contributed by atoms with Crippen molar-refractivity contribution >= 4 is 28.9 Å². The van der Waals surface area contributed by atoms with Crippen molar-refractivity contribution in [2.24, 2.45) is 0 Å². The number of thiophene rings is 1. The molecular weight excluding hydrogens is 396 g/mol. The molecule has 3 nitrogen and oxygen atoms in total. The number of pyridine rings is 1. The Morgan fingerprint density at radius 1 is 1.03 bits per heavy atom. The molecule has 0 aliphatic carbocycles. The molecule has 0 spiro atoms. The van der Waals surface area contributed by atoms with Crippen molar-refractivity contribution in [1.82, 2.24) is 9.88 Å². The van der Waals surface area contributed by atoms with Gasteiger partial charge < -0.3 is 4.90 Å². The molecule has 2 aromatic heterocycles. The van der Waals surface area contributed by atoms with Crippen LogP contribution in [0.4, 0.5) is 0 Å². The maximum absolute atomic E-state index is 13.0. The summed E-state index contributed by atoms with van der Waals surface area (Å²) in [4.78, 5) is 22.1. The van der Waals surface area contributed by atoms with Crippen LogP contribution in [0.25, 0.3) is 0 Å². The lowest BCUT2D eigenvalue weighted by Crippen LogP contribution is -2.12. The summed E-state index contributed by atoms with van der Waals surface area (Å²) in [5.41, 5.74) is 1.82. The number of unbranched alkanes of at least 4 members (excludes halogenated alkanes) is 5. The summed E-state index contributed by atoms with van der Waals surface area (Å²) in [5.74, 6) is 1.50. The predicted molar refractivity (Wildman–Crippen MR) is 128 cm³/mol. The fourth-order valence-corrected chi connectivity index (χ4v) is 5.00. The first-order chi connectivity index (χ1) is 13.9. The van der Waals surface area contributed by atoms with Crippen LogP contribution in [-0.4, -0.2) is 42.1 Å². The number of aromatic nitrogens is 1. The Morgan fingerprint density at radius 2 is 1.72 bits per heavy atom. The SMILES string of the molecule is Cc1ccc(C(=O)c2ccc(C(C)C)nc2SCCCCCCCCN(C)C)s1. The van der Waals surface area contributed by atoms with Gasteiger partial charge in [0.2, 0.25) is 5.78 Å². The van der Waals surface area contributed by atoms with E-state index in [-0.39, 0.29) is 5.78 Å². The molecule has 0 amide bonds. The number of rotatable bonds is 13. The van der Waals surface area contributed by atoms with Crippen LogP contribution in [0.15, 0.2) is 29.3 Å². The van der Waals surface area contributed by atoms with Gasteiger partial charge in [-0.25, -0.2) is 4.98 Å². The predicted octanol–water partition coefficient (Wildman–Crippen LogP) is 6.80. The van der Waals surface area contributed by atoms with Gasteiger partial charge in [0.1, 0.15) is 5.03 Å². The van der Waals surface area contributed by atoms with Crippen molar-refractivity contribution in [3.63, 3.8) is 0 Å². The van der Waals surface area contributed by atoms with Gasteiger partial charge in [0.15, 0.2) is 0 Å². The van der Waals surface area contributed by atoms with Crippen molar-refractivity contribution in [3.8, 4) is 0 Å². The van der Waals surface area contributed by atoms with Crippen LogP contribution in [0.2, 0.25) is 0 Å². The molecule has 5 heteroatoms. The highest BCUT2D eigenvalue weighted by Crippen LogP contribution is 2.28. The fourth-order valence-electron chi connectivity index (χ4n) is 3.15. The lowest BCUT2D eigenvalue weighted by molar-refractivity contribution is 0.103. The summed E-state index contributed by atoms with van der Waals surface area (Å²) in [5, 5.41) is 0.901. The summed E-state index contributed by atoms with van der Waals surface area (Å²) in [6.07, 6.45) is 7.67. The molecule has 0 bridgehead atoms. The Balaban J connectivity index is 1.89. The van der Waals surface area contributed by atoms with E-state index in [1.165, 1.54) is 49.9 Å². The lowest BCUT2D eigenvalue weighted by Gasteiger charge is -2.11. The van der Waals surface area contributed by atoms with E-state index in [1.807, 2.05) is 31.2 Å². The molecule has 0 aliphatic heterocycles. The number of hydrogen-bond acceptors (Lipinski definition) is 5. The number of carbonyl (C=O) groups is 1. The maximum Gasteiger partial charge on any atom is 0.205 e. The Kier molecular flexibility index (Phi) is 10.4. The van der Waals surface area contributed by atoms with Crippen LogP contribution >= 0.6 is 23.1 Å². The lowest BCUT2D eigenvalue weighted by atomic mass is 10.1. The van der Waals surface area contributed by atoms with Crippen LogP contribution in [0, 0.1) is 6.92 Å². The Labute approximate surface area is 185 Å². The van der Waals surface area contributed by atoms with Crippen molar-refractivity contribution < 1.29 is 4.79 Å². The molecule has 160 valence electrons. The highest BCUT2D eigenvalue weighted by molar-refractivity contribution is 7.99. The summed E-state index contributed by atoms with van der Waals surface area (Å²) < 4.78 is 0. The molecule has 0 atom stereocenters. The van der Waals surface area contributed by atoms with Crippen LogP contribution < -0.4 is 0 Å². The molecule has 0 saturated carbocycles. The molecule has 0 fully saturated rings. The second-order valence-corrected chi connectivity index (χ2v) is 10.6. The topological polar surface area (TPSA) is 33.2 Å². The monoisotopic (exact) mass is 432 g/mol.